The molecule has 3 nitrogen and oxygen atoms in total. The lowest BCUT2D eigenvalue weighted by Gasteiger charge is -1.99. The molecule has 0 amide bonds. The Morgan fingerprint density at radius 3 is 2.43 bits per heavy atom. The Morgan fingerprint density at radius 2 is 2.00 bits per heavy atom. The monoisotopic (exact) mass is 231 g/mol. The van der Waals surface area contributed by atoms with Crippen LogP contribution in [-0.4, -0.2) is 16.1 Å². The molecule has 1 fully saturated rings. The van der Waals surface area contributed by atoms with Crippen molar-refractivity contribution < 1.29 is 9.90 Å². The van der Waals surface area contributed by atoms with Gasteiger partial charge in [-0.3, -0.25) is 4.79 Å². The van der Waals surface area contributed by atoms with E-state index in [9.17, 15) is 4.79 Å². The van der Waals surface area contributed by atoms with Crippen molar-refractivity contribution in [2.75, 3.05) is 0 Å². The van der Waals surface area contributed by atoms with Gasteiger partial charge in [0.05, 0.1) is 5.92 Å². The minimum Gasteiger partial charge on any atom is -0.481 e. The van der Waals surface area contributed by atoms with Gasteiger partial charge in [0.15, 0.2) is 0 Å². The van der Waals surface area contributed by atoms with Gasteiger partial charge >= 0.3 is 5.97 Å². The predicted molar refractivity (Wildman–Crippen MR) is 52.7 cm³/mol. The summed E-state index contributed by atoms with van der Waals surface area (Å²) in [7, 11) is 0. The molecular weight excluding hydrogens is 225 g/mol. The van der Waals surface area contributed by atoms with Gasteiger partial charge in [0, 0.05) is 0 Å². The van der Waals surface area contributed by atoms with Gasteiger partial charge in [-0.25, -0.2) is 4.98 Å². The van der Waals surface area contributed by atoms with Crippen LogP contribution in [0.2, 0.25) is 10.3 Å². The third-order valence-corrected chi connectivity index (χ3v) is 2.71. The molecule has 1 aliphatic rings. The topological polar surface area (TPSA) is 50.2 Å². The highest BCUT2D eigenvalue weighted by molar-refractivity contribution is 6.32. The van der Waals surface area contributed by atoms with Gasteiger partial charge in [0.25, 0.3) is 0 Å². The molecule has 0 aliphatic heterocycles. The number of pyridine rings is 1. The molecule has 1 N–H and O–H groups in total. The van der Waals surface area contributed by atoms with Crippen molar-refractivity contribution in [2.24, 2.45) is 5.92 Å². The lowest BCUT2D eigenvalue weighted by atomic mass is 10.1. The molecule has 5 heteroatoms. The van der Waals surface area contributed by atoms with Crippen molar-refractivity contribution in [3.8, 4) is 0 Å². The highest BCUT2D eigenvalue weighted by atomic mass is 35.5. The van der Waals surface area contributed by atoms with Crippen LogP contribution in [0.15, 0.2) is 12.1 Å². The average molecular weight is 232 g/mol. The first-order chi connectivity index (χ1) is 6.58. The van der Waals surface area contributed by atoms with E-state index in [1.807, 2.05) is 0 Å². The van der Waals surface area contributed by atoms with Crippen LogP contribution in [0.1, 0.15) is 17.9 Å². The summed E-state index contributed by atoms with van der Waals surface area (Å²) in [6.45, 7) is 0. The standard InChI is InChI=1S/C9H7Cl2NO2/c10-7-1-4(2-8(11)12-7)5-3-6(5)9(13)14/h1-2,5-6H,3H2,(H,13,14)/t5-,6+/m0/s1. The number of nitrogens with zero attached hydrogens (tertiary/aromatic N) is 1. The van der Waals surface area contributed by atoms with Crippen LogP contribution >= 0.6 is 23.2 Å². The summed E-state index contributed by atoms with van der Waals surface area (Å²) in [5, 5.41) is 9.36. The molecule has 2 rings (SSSR count). The van der Waals surface area contributed by atoms with Crippen molar-refractivity contribution in [2.45, 2.75) is 12.3 Å². The normalized spacial score (nSPS) is 24.7. The van der Waals surface area contributed by atoms with Crippen molar-refractivity contribution >= 4 is 29.2 Å². The van der Waals surface area contributed by atoms with E-state index in [1.165, 1.54) is 0 Å². The summed E-state index contributed by atoms with van der Waals surface area (Å²) in [6, 6.07) is 3.34. The molecule has 14 heavy (non-hydrogen) atoms. The lowest BCUT2D eigenvalue weighted by Crippen LogP contribution is -1.99. The molecule has 0 aromatic carbocycles. The molecule has 0 bridgehead atoms. The molecule has 0 spiro atoms. The fourth-order valence-electron chi connectivity index (χ4n) is 1.53. The minimum absolute atomic E-state index is 0.0468. The van der Waals surface area contributed by atoms with E-state index < -0.39 is 5.97 Å². The fraction of sp³-hybridized carbons (Fsp3) is 0.333. The van der Waals surface area contributed by atoms with Crippen LogP contribution < -0.4 is 0 Å². The van der Waals surface area contributed by atoms with Gasteiger partial charge < -0.3 is 5.11 Å². The molecular formula is C9H7Cl2NO2. The first kappa shape index (κ1) is 9.74. The Hall–Kier alpha value is -0.800. The van der Waals surface area contributed by atoms with Crippen LogP contribution in [-0.2, 0) is 4.79 Å². The van der Waals surface area contributed by atoms with E-state index >= 15 is 0 Å². The number of carboxylic acids is 1. The number of aromatic nitrogens is 1. The number of aliphatic carboxylic acids is 1. The summed E-state index contributed by atoms with van der Waals surface area (Å²) in [5.41, 5.74) is 0.863. The molecule has 74 valence electrons. The van der Waals surface area contributed by atoms with Crippen LogP contribution in [0.25, 0.3) is 0 Å². The van der Waals surface area contributed by atoms with Gasteiger partial charge in [0.1, 0.15) is 10.3 Å². The Kier molecular flexibility index (Phi) is 2.37. The van der Waals surface area contributed by atoms with Gasteiger partial charge in [-0.15, -0.1) is 0 Å². The van der Waals surface area contributed by atoms with Crippen molar-refractivity contribution in [3.05, 3.63) is 28.0 Å². The lowest BCUT2D eigenvalue weighted by molar-refractivity contribution is -0.138. The van der Waals surface area contributed by atoms with E-state index in [0.717, 1.165) is 5.56 Å². The highest BCUT2D eigenvalue weighted by Crippen LogP contribution is 2.48. The SMILES string of the molecule is O=C(O)[C@@H]1C[C@H]1c1cc(Cl)nc(Cl)c1. The fourth-order valence-corrected chi connectivity index (χ4v) is 2.01. The Balaban J connectivity index is 2.23. The number of carbonyl (C=O) groups is 1. The maximum atomic E-state index is 10.6. The summed E-state index contributed by atoms with van der Waals surface area (Å²) in [5.74, 6) is -1.01. The first-order valence-corrected chi connectivity index (χ1v) is 4.89. The summed E-state index contributed by atoms with van der Waals surface area (Å²) in [4.78, 5) is 14.4. The molecule has 2 atom stereocenters. The second kappa shape index (κ2) is 3.41. The van der Waals surface area contributed by atoms with Crippen LogP contribution in [0.5, 0.6) is 0 Å². The van der Waals surface area contributed by atoms with Crippen LogP contribution in [0.4, 0.5) is 0 Å². The molecule has 0 unspecified atom stereocenters. The van der Waals surface area contributed by atoms with Crippen LogP contribution in [0.3, 0.4) is 0 Å². The quantitative estimate of drug-likeness (QED) is 0.797. The average Bonchev–Trinajstić information content (AvgIpc) is 2.79. The maximum absolute atomic E-state index is 10.6. The Bertz CT molecular complexity index is 374. The van der Waals surface area contributed by atoms with Crippen molar-refractivity contribution in [1.82, 2.24) is 4.98 Å². The Labute approximate surface area is 90.7 Å². The van der Waals surface area contributed by atoms with Crippen molar-refractivity contribution in [3.63, 3.8) is 0 Å². The number of halogens is 2. The Morgan fingerprint density at radius 1 is 1.43 bits per heavy atom. The van der Waals surface area contributed by atoms with Gasteiger partial charge in [-0.2, -0.15) is 0 Å². The molecule has 1 saturated carbocycles. The molecule has 1 aromatic heterocycles. The van der Waals surface area contributed by atoms with E-state index in [4.69, 9.17) is 28.3 Å². The summed E-state index contributed by atoms with van der Waals surface area (Å²) >= 11 is 11.4. The molecule has 0 radical (unpaired) electrons. The summed E-state index contributed by atoms with van der Waals surface area (Å²) < 4.78 is 0. The molecule has 1 aromatic rings. The molecule has 0 saturated heterocycles. The van der Waals surface area contributed by atoms with E-state index in [1.54, 1.807) is 12.1 Å². The van der Waals surface area contributed by atoms with E-state index in [0.29, 0.717) is 16.7 Å². The summed E-state index contributed by atoms with van der Waals surface area (Å²) in [6.07, 6.45) is 0.659. The zero-order valence-electron chi connectivity index (χ0n) is 7.08. The highest BCUT2D eigenvalue weighted by Gasteiger charge is 2.44. The number of carboxylic acid groups (broad SMARTS) is 1. The second-order valence-electron chi connectivity index (χ2n) is 3.33. The third kappa shape index (κ3) is 1.83. The molecule has 1 heterocycles. The smallest absolute Gasteiger partial charge is 0.307 e. The van der Waals surface area contributed by atoms with Crippen molar-refractivity contribution in [1.29, 1.82) is 0 Å². The zero-order valence-corrected chi connectivity index (χ0v) is 8.59. The zero-order chi connectivity index (χ0) is 10.3. The van der Waals surface area contributed by atoms with Gasteiger partial charge in [-0.05, 0) is 30.0 Å². The predicted octanol–water partition coefficient (Wildman–Crippen LogP) is 2.58. The first-order valence-electron chi connectivity index (χ1n) is 4.13. The minimum atomic E-state index is -0.765. The number of hydrogen-bond acceptors (Lipinski definition) is 2. The second-order valence-corrected chi connectivity index (χ2v) is 4.11. The number of hydrogen-bond donors (Lipinski definition) is 1. The van der Waals surface area contributed by atoms with E-state index in [2.05, 4.69) is 4.98 Å². The molecule has 1 aliphatic carbocycles. The largest absolute Gasteiger partial charge is 0.481 e. The maximum Gasteiger partial charge on any atom is 0.307 e. The number of rotatable bonds is 2. The third-order valence-electron chi connectivity index (χ3n) is 2.32. The van der Waals surface area contributed by atoms with Crippen LogP contribution in [0, 0.1) is 5.92 Å². The van der Waals surface area contributed by atoms with E-state index in [-0.39, 0.29) is 11.8 Å². The van der Waals surface area contributed by atoms with Gasteiger partial charge in [-0.1, -0.05) is 23.2 Å². The van der Waals surface area contributed by atoms with Gasteiger partial charge in [0.2, 0.25) is 0 Å².